The number of furan rings is 2. The summed E-state index contributed by atoms with van der Waals surface area (Å²) < 4.78 is 44.2. The molecule has 0 bridgehead atoms. The van der Waals surface area contributed by atoms with E-state index in [-0.39, 0.29) is 11.6 Å². The molecule has 10 aromatic carbocycles. The highest BCUT2D eigenvalue weighted by Gasteiger charge is 2.22. The molecule has 7 heteroatoms. The number of anilines is 6. The molecule has 0 N–H and O–H groups in total. The third-order valence-corrected chi connectivity index (χ3v) is 13.4. The Labute approximate surface area is 362 Å². The van der Waals surface area contributed by atoms with Gasteiger partial charge < -0.3 is 18.6 Å². The number of fused-ring (bicyclic) bond motifs is 11. The Morgan fingerprint density at radius 1 is 0.333 bits per heavy atom. The van der Waals surface area contributed by atoms with Crippen molar-refractivity contribution < 1.29 is 17.6 Å². The molecule has 0 atom stereocenters. The fourth-order valence-electron chi connectivity index (χ4n) is 9.37. The Hall–Kier alpha value is -8.00. The molecule has 0 spiro atoms. The lowest BCUT2D eigenvalue weighted by atomic mass is 10.0. The molecule has 13 rings (SSSR count). The van der Waals surface area contributed by atoms with E-state index in [9.17, 15) is 8.78 Å². The van der Waals surface area contributed by atoms with Crippen LogP contribution in [-0.2, 0) is 0 Å². The third kappa shape index (κ3) is 5.70. The van der Waals surface area contributed by atoms with Gasteiger partial charge in [-0.1, -0.05) is 72.8 Å². The van der Waals surface area contributed by atoms with Crippen LogP contribution in [0, 0.1) is 11.6 Å². The predicted octanol–water partition coefficient (Wildman–Crippen LogP) is 17.4. The summed E-state index contributed by atoms with van der Waals surface area (Å²) in [5.41, 5.74) is 8.38. The highest BCUT2D eigenvalue weighted by Crippen LogP contribution is 2.46. The van der Waals surface area contributed by atoms with Gasteiger partial charge in [0.25, 0.3) is 0 Å². The molecule has 0 unspecified atom stereocenters. The zero-order valence-electron chi connectivity index (χ0n) is 33.4. The average molecular weight is 835 g/mol. The number of halogens is 2. The van der Waals surface area contributed by atoms with Crippen molar-refractivity contribution in [1.29, 1.82) is 0 Å². The zero-order valence-corrected chi connectivity index (χ0v) is 34.2. The molecule has 3 heterocycles. The van der Waals surface area contributed by atoms with Crippen LogP contribution >= 0.6 is 11.3 Å². The van der Waals surface area contributed by atoms with Crippen LogP contribution in [0.3, 0.4) is 0 Å². The van der Waals surface area contributed by atoms with Gasteiger partial charge in [0, 0.05) is 64.5 Å². The second kappa shape index (κ2) is 13.8. The standard InChI is InChI=1S/C56H32F2N2O2S/c57-37-17-23-39(24-18-37)59(49-11-5-9-45-43-7-1-3-13-51(43)61-55(45)49)41-21-15-33-31-53-47(29-35(33)27-41)48-30-36-28-42(22-16-34(36)32-54(48)63-53)60(40-25-19-38(58)20-26-40)50-12-6-10-46-44-8-2-4-14-52(44)62-56(46)50/h1-32H. The second-order valence-corrected chi connectivity index (χ2v) is 17.1. The first-order valence-corrected chi connectivity index (χ1v) is 21.6. The van der Waals surface area contributed by atoms with Gasteiger partial charge >= 0.3 is 0 Å². The van der Waals surface area contributed by atoms with Gasteiger partial charge in [-0.2, -0.15) is 0 Å². The molecule has 0 radical (unpaired) electrons. The molecule has 0 amide bonds. The molecule has 0 aliphatic carbocycles. The van der Waals surface area contributed by atoms with E-state index in [2.05, 4.69) is 107 Å². The van der Waals surface area contributed by atoms with Gasteiger partial charge in [-0.15, -0.1) is 11.3 Å². The quantitative estimate of drug-likeness (QED) is 0.167. The largest absolute Gasteiger partial charge is 0.454 e. The van der Waals surface area contributed by atoms with Crippen LogP contribution < -0.4 is 9.80 Å². The predicted molar refractivity (Wildman–Crippen MR) is 258 cm³/mol. The maximum atomic E-state index is 14.4. The third-order valence-electron chi connectivity index (χ3n) is 12.3. The summed E-state index contributed by atoms with van der Waals surface area (Å²) >= 11 is 1.79. The molecule has 3 aromatic heterocycles. The fourth-order valence-corrected chi connectivity index (χ4v) is 10.5. The van der Waals surface area contributed by atoms with Crippen molar-refractivity contribution in [2.75, 3.05) is 9.80 Å². The summed E-state index contributed by atoms with van der Waals surface area (Å²) in [7, 11) is 0. The second-order valence-electron chi connectivity index (χ2n) is 16.0. The Morgan fingerprint density at radius 2 is 0.746 bits per heavy atom. The van der Waals surface area contributed by atoms with Crippen molar-refractivity contribution in [2.24, 2.45) is 0 Å². The molecule has 0 saturated heterocycles. The van der Waals surface area contributed by atoms with Crippen LogP contribution in [0.1, 0.15) is 0 Å². The molecule has 0 aliphatic rings. The molecule has 13 aromatic rings. The monoisotopic (exact) mass is 834 g/mol. The van der Waals surface area contributed by atoms with Gasteiger partial charge in [0.05, 0.1) is 11.4 Å². The van der Waals surface area contributed by atoms with Crippen molar-refractivity contribution in [3.05, 3.63) is 206 Å². The Bertz CT molecular complexity index is 3700. The maximum Gasteiger partial charge on any atom is 0.159 e. The number of hydrogen-bond donors (Lipinski definition) is 0. The highest BCUT2D eigenvalue weighted by atomic mass is 32.1. The minimum Gasteiger partial charge on any atom is -0.454 e. The summed E-state index contributed by atoms with van der Waals surface area (Å²) in [5.74, 6) is -0.588. The Kier molecular flexibility index (Phi) is 7.80. The first-order valence-electron chi connectivity index (χ1n) is 20.8. The van der Waals surface area contributed by atoms with E-state index in [4.69, 9.17) is 8.83 Å². The average Bonchev–Trinajstić information content (AvgIpc) is 4.00. The minimum atomic E-state index is -0.294. The van der Waals surface area contributed by atoms with Crippen LogP contribution in [-0.4, -0.2) is 0 Å². The van der Waals surface area contributed by atoms with Crippen LogP contribution in [0.5, 0.6) is 0 Å². The lowest BCUT2D eigenvalue weighted by Gasteiger charge is -2.26. The SMILES string of the molecule is Fc1ccc(N(c2ccc3cc4sc5cc6ccc(N(c7ccc(F)cc7)c7cccc8c7oc7ccccc78)cc6cc5c4cc3c2)c2cccc3c2oc2ccccc23)cc1. The number of rotatable bonds is 6. The lowest BCUT2D eigenvalue weighted by Crippen LogP contribution is -2.10. The molecule has 4 nitrogen and oxygen atoms in total. The first kappa shape index (κ1) is 35.7. The van der Waals surface area contributed by atoms with Gasteiger partial charge in [-0.3, -0.25) is 0 Å². The highest BCUT2D eigenvalue weighted by molar-refractivity contribution is 7.26. The molecule has 0 aliphatic heterocycles. The van der Waals surface area contributed by atoms with Gasteiger partial charge in [0.2, 0.25) is 0 Å². The van der Waals surface area contributed by atoms with E-state index in [1.807, 2.05) is 72.8 Å². The summed E-state index contributed by atoms with van der Waals surface area (Å²) in [6, 6.07) is 63.9. The maximum absolute atomic E-state index is 14.4. The minimum absolute atomic E-state index is 0.294. The number of para-hydroxylation sites is 4. The Morgan fingerprint density at radius 3 is 1.21 bits per heavy atom. The lowest BCUT2D eigenvalue weighted by molar-refractivity contribution is 0.627. The van der Waals surface area contributed by atoms with E-state index in [1.165, 1.54) is 44.4 Å². The molecular weight excluding hydrogens is 803 g/mol. The van der Waals surface area contributed by atoms with Crippen molar-refractivity contribution in [1.82, 2.24) is 0 Å². The topological polar surface area (TPSA) is 32.8 Å². The molecular formula is C56H32F2N2O2S. The summed E-state index contributed by atoms with van der Waals surface area (Å²) in [4.78, 5) is 4.29. The molecule has 298 valence electrons. The van der Waals surface area contributed by atoms with Gasteiger partial charge in [-0.05, 0) is 143 Å². The summed E-state index contributed by atoms with van der Waals surface area (Å²) in [6.45, 7) is 0. The summed E-state index contributed by atoms with van der Waals surface area (Å²) in [6.07, 6.45) is 0. The van der Waals surface area contributed by atoms with E-state index in [0.29, 0.717) is 0 Å². The van der Waals surface area contributed by atoms with E-state index >= 15 is 0 Å². The van der Waals surface area contributed by atoms with Gasteiger partial charge in [-0.25, -0.2) is 8.78 Å². The Balaban J connectivity index is 0.969. The number of hydrogen-bond acceptors (Lipinski definition) is 5. The van der Waals surface area contributed by atoms with E-state index in [0.717, 1.165) is 99.5 Å². The number of nitrogens with zero attached hydrogens (tertiary/aromatic N) is 2. The van der Waals surface area contributed by atoms with Crippen molar-refractivity contribution in [3.8, 4) is 0 Å². The summed E-state index contributed by atoms with van der Waals surface area (Å²) in [5, 5.41) is 10.9. The normalized spacial score (nSPS) is 12.0. The van der Waals surface area contributed by atoms with E-state index in [1.54, 1.807) is 11.3 Å². The molecule has 0 fully saturated rings. The van der Waals surface area contributed by atoms with Crippen LogP contribution in [0.2, 0.25) is 0 Å². The van der Waals surface area contributed by atoms with Crippen LogP contribution in [0.15, 0.2) is 203 Å². The smallest absolute Gasteiger partial charge is 0.159 e. The molecule has 0 saturated carbocycles. The van der Waals surface area contributed by atoms with Crippen LogP contribution in [0.4, 0.5) is 42.9 Å². The number of thiophene rings is 1. The van der Waals surface area contributed by atoms with Gasteiger partial charge in [0.15, 0.2) is 11.2 Å². The van der Waals surface area contributed by atoms with Crippen molar-refractivity contribution in [2.45, 2.75) is 0 Å². The van der Waals surface area contributed by atoms with E-state index < -0.39 is 0 Å². The first-order chi connectivity index (χ1) is 31.0. The zero-order chi connectivity index (χ0) is 41.8. The van der Waals surface area contributed by atoms with Crippen LogP contribution in [0.25, 0.3) is 85.6 Å². The number of benzene rings is 10. The fraction of sp³-hybridized carbons (Fsp3) is 0. The van der Waals surface area contributed by atoms with Crippen molar-refractivity contribution in [3.63, 3.8) is 0 Å². The molecule has 63 heavy (non-hydrogen) atoms. The van der Waals surface area contributed by atoms with Crippen molar-refractivity contribution >= 4 is 131 Å². The van der Waals surface area contributed by atoms with Gasteiger partial charge in [0.1, 0.15) is 22.8 Å².